The number of carbonyl (C=O) groups excluding carboxylic acids is 1. The van der Waals surface area contributed by atoms with Gasteiger partial charge in [0.25, 0.3) is 11.6 Å². The number of aryl methyl sites for hydroxylation is 1. The normalized spacial score (nSPS) is 22.9. The van der Waals surface area contributed by atoms with E-state index in [1.165, 1.54) is 16.8 Å². The fourth-order valence-electron chi connectivity index (χ4n) is 1.84. The summed E-state index contributed by atoms with van der Waals surface area (Å²) in [6, 6.07) is 1.20. The Kier molecular flexibility index (Phi) is 2.84. The number of hydrogen-bond acceptors (Lipinski definition) is 4. The van der Waals surface area contributed by atoms with E-state index in [0.717, 1.165) is 0 Å². The second-order valence-electron chi connectivity index (χ2n) is 4.25. The van der Waals surface area contributed by atoms with Gasteiger partial charge in [-0.05, 0) is 12.8 Å². The highest BCUT2D eigenvalue weighted by Crippen LogP contribution is 2.21. The van der Waals surface area contributed by atoms with Crippen LogP contribution in [0.1, 0.15) is 23.3 Å². The van der Waals surface area contributed by atoms with Crippen molar-refractivity contribution in [2.75, 3.05) is 0 Å². The van der Waals surface area contributed by atoms with E-state index in [4.69, 9.17) is 5.11 Å². The van der Waals surface area contributed by atoms with Gasteiger partial charge in [-0.3, -0.25) is 14.9 Å². The summed E-state index contributed by atoms with van der Waals surface area (Å²) in [5.41, 5.74) is 0.143. The van der Waals surface area contributed by atoms with E-state index in [1.807, 2.05) is 0 Å². The zero-order valence-electron chi connectivity index (χ0n) is 9.29. The van der Waals surface area contributed by atoms with Crippen molar-refractivity contribution in [1.29, 1.82) is 0 Å². The summed E-state index contributed by atoms with van der Waals surface area (Å²) < 4.78 is 1.42. The van der Waals surface area contributed by atoms with Crippen molar-refractivity contribution in [2.24, 2.45) is 7.05 Å². The van der Waals surface area contributed by atoms with Crippen molar-refractivity contribution in [3.8, 4) is 0 Å². The maximum absolute atomic E-state index is 11.8. The maximum Gasteiger partial charge on any atom is 0.287 e. The van der Waals surface area contributed by atoms with Crippen molar-refractivity contribution < 1.29 is 14.8 Å². The van der Waals surface area contributed by atoms with Crippen LogP contribution in [0.25, 0.3) is 0 Å². The summed E-state index contributed by atoms with van der Waals surface area (Å²) in [5.74, 6) is -0.350. The molecule has 1 aromatic rings. The third-order valence-electron chi connectivity index (χ3n) is 2.88. The molecule has 2 N–H and O–H groups in total. The van der Waals surface area contributed by atoms with Gasteiger partial charge in [-0.25, -0.2) is 0 Å². The number of rotatable bonds is 3. The van der Waals surface area contributed by atoms with E-state index in [9.17, 15) is 14.9 Å². The molecule has 1 aromatic heterocycles. The third-order valence-corrected chi connectivity index (χ3v) is 2.88. The van der Waals surface area contributed by atoms with Gasteiger partial charge in [0.2, 0.25) is 0 Å². The molecule has 92 valence electrons. The van der Waals surface area contributed by atoms with Crippen LogP contribution in [0, 0.1) is 10.1 Å². The number of carbonyl (C=O) groups is 1. The van der Waals surface area contributed by atoms with Gasteiger partial charge in [0, 0.05) is 19.2 Å². The molecule has 2 rings (SSSR count). The molecule has 0 aromatic carbocycles. The molecule has 0 radical (unpaired) electrons. The first kappa shape index (κ1) is 11.6. The minimum atomic E-state index is -0.538. The molecule has 1 aliphatic carbocycles. The van der Waals surface area contributed by atoms with Gasteiger partial charge in [0.15, 0.2) is 0 Å². The van der Waals surface area contributed by atoms with E-state index >= 15 is 0 Å². The fraction of sp³-hybridized carbons (Fsp3) is 0.500. The van der Waals surface area contributed by atoms with Crippen LogP contribution in [0.5, 0.6) is 0 Å². The number of nitrogens with one attached hydrogen (secondary N) is 1. The van der Waals surface area contributed by atoms with Crippen molar-refractivity contribution >= 4 is 11.6 Å². The lowest BCUT2D eigenvalue weighted by Crippen LogP contribution is -2.47. The van der Waals surface area contributed by atoms with Gasteiger partial charge in [0.1, 0.15) is 5.69 Å². The molecule has 0 unspecified atom stereocenters. The maximum atomic E-state index is 11.8. The molecule has 7 nitrogen and oxygen atoms in total. The molecular weight excluding hydrogens is 226 g/mol. The number of hydrogen-bond donors (Lipinski definition) is 2. The first-order chi connectivity index (χ1) is 7.97. The van der Waals surface area contributed by atoms with E-state index in [-0.39, 0.29) is 29.4 Å². The summed E-state index contributed by atoms with van der Waals surface area (Å²) in [6.07, 6.45) is 2.03. The van der Waals surface area contributed by atoms with Crippen LogP contribution in [-0.4, -0.2) is 32.6 Å². The van der Waals surface area contributed by atoms with Crippen LogP contribution < -0.4 is 5.32 Å². The molecule has 7 heteroatoms. The lowest BCUT2D eigenvalue weighted by atomic mass is 9.89. The van der Waals surface area contributed by atoms with Gasteiger partial charge < -0.3 is 15.0 Å². The van der Waals surface area contributed by atoms with E-state index in [2.05, 4.69) is 5.32 Å². The average molecular weight is 239 g/mol. The largest absolute Gasteiger partial charge is 0.393 e. The van der Waals surface area contributed by atoms with Crippen LogP contribution in [0.2, 0.25) is 0 Å². The van der Waals surface area contributed by atoms with Crippen LogP contribution in [0.4, 0.5) is 5.69 Å². The summed E-state index contributed by atoms with van der Waals surface area (Å²) in [7, 11) is 1.58. The average Bonchev–Trinajstić information content (AvgIpc) is 2.58. The van der Waals surface area contributed by atoms with E-state index in [0.29, 0.717) is 12.8 Å². The smallest absolute Gasteiger partial charge is 0.287 e. The van der Waals surface area contributed by atoms with Crippen LogP contribution in [0.3, 0.4) is 0 Å². The standard InChI is InChI=1S/C10H13N3O4/c1-12-5-7(13(16)17)4-9(12)10(15)11-6-2-8(14)3-6/h4-6,8,14H,2-3H2,1H3,(H,11,15). The van der Waals surface area contributed by atoms with E-state index in [1.54, 1.807) is 7.05 Å². The van der Waals surface area contributed by atoms with Gasteiger partial charge in [-0.1, -0.05) is 0 Å². The number of amides is 1. The summed E-state index contributed by atoms with van der Waals surface area (Å²) >= 11 is 0. The Morgan fingerprint density at radius 3 is 2.76 bits per heavy atom. The molecule has 0 bridgehead atoms. The minimum Gasteiger partial charge on any atom is -0.393 e. The quantitative estimate of drug-likeness (QED) is 0.581. The predicted molar refractivity (Wildman–Crippen MR) is 58.6 cm³/mol. The Morgan fingerprint density at radius 2 is 2.29 bits per heavy atom. The Morgan fingerprint density at radius 1 is 1.65 bits per heavy atom. The molecule has 1 fully saturated rings. The highest BCUT2D eigenvalue weighted by Gasteiger charge is 2.29. The second kappa shape index (κ2) is 4.17. The monoisotopic (exact) mass is 239 g/mol. The Labute approximate surface area is 97.2 Å². The predicted octanol–water partition coefficient (Wildman–Crippen LogP) is 0.186. The number of aromatic nitrogens is 1. The van der Waals surface area contributed by atoms with Crippen LogP contribution in [-0.2, 0) is 7.05 Å². The van der Waals surface area contributed by atoms with Crippen molar-refractivity contribution in [3.63, 3.8) is 0 Å². The van der Waals surface area contributed by atoms with Gasteiger partial charge in [-0.2, -0.15) is 0 Å². The zero-order chi connectivity index (χ0) is 12.6. The van der Waals surface area contributed by atoms with Crippen molar-refractivity contribution in [3.05, 3.63) is 28.1 Å². The van der Waals surface area contributed by atoms with Gasteiger partial charge >= 0.3 is 0 Å². The zero-order valence-corrected chi connectivity index (χ0v) is 9.29. The first-order valence-electron chi connectivity index (χ1n) is 5.27. The fourth-order valence-corrected chi connectivity index (χ4v) is 1.84. The molecule has 1 saturated carbocycles. The minimum absolute atomic E-state index is 0.0357. The van der Waals surface area contributed by atoms with Gasteiger partial charge in [0.05, 0.1) is 17.2 Å². The Hall–Kier alpha value is -1.89. The van der Waals surface area contributed by atoms with Crippen molar-refractivity contribution in [1.82, 2.24) is 9.88 Å². The second-order valence-corrected chi connectivity index (χ2v) is 4.25. The SMILES string of the molecule is Cn1cc([N+](=O)[O-])cc1C(=O)NC1CC(O)C1. The Balaban J connectivity index is 2.06. The number of nitrogens with zero attached hydrogens (tertiary/aromatic N) is 2. The highest BCUT2D eigenvalue weighted by molar-refractivity contribution is 5.93. The highest BCUT2D eigenvalue weighted by atomic mass is 16.6. The lowest BCUT2D eigenvalue weighted by molar-refractivity contribution is -0.384. The number of aliphatic hydroxyl groups excluding tert-OH is 1. The molecule has 0 saturated heterocycles. The molecule has 1 aliphatic rings. The Bertz CT molecular complexity index is 462. The summed E-state index contributed by atoms with van der Waals surface area (Å²) in [5, 5.41) is 22.4. The molecule has 1 amide bonds. The molecule has 0 aliphatic heterocycles. The number of aliphatic hydroxyl groups is 1. The topological polar surface area (TPSA) is 97.4 Å². The molecule has 0 spiro atoms. The molecule has 17 heavy (non-hydrogen) atoms. The first-order valence-corrected chi connectivity index (χ1v) is 5.27. The summed E-state index contributed by atoms with van der Waals surface area (Å²) in [4.78, 5) is 21.8. The van der Waals surface area contributed by atoms with Crippen LogP contribution >= 0.6 is 0 Å². The third kappa shape index (κ3) is 2.28. The van der Waals surface area contributed by atoms with E-state index < -0.39 is 4.92 Å². The molecule has 0 atom stereocenters. The molecule has 1 heterocycles. The summed E-state index contributed by atoms with van der Waals surface area (Å²) in [6.45, 7) is 0. The lowest BCUT2D eigenvalue weighted by Gasteiger charge is -2.31. The molecular formula is C10H13N3O4. The van der Waals surface area contributed by atoms with Crippen molar-refractivity contribution in [2.45, 2.75) is 25.0 Å². The van der Waals surface area contributed by atoms with Crippen LogP contribution in [0.15, 0.2) is 12.3 Å². The number of nitro groups is 1. The van der Waals surface area contributed by atoms with Gasteiger partial charge in [-0.15, -0.1) is 0 Å².